The fourth-order valence-corrected chi connectivity index (χ4v) is 0.998. The van der Waals surface area contributed by atoms with E-state index in [0.29, 0.717) is 0 Å². The summed E-state index contributed by atoms with van der Waals surface area (Å²) in [6.07, 6.45) is 6.32. The van der Waals surface area contributed by atoms with Crippen LogP contribution in [-0.2, 0) is 0 Å². The Morgan fingerprint density at radius 2 is 1.73 bits per heavy atom. The lowest BCUT2D eigenvalue weighted by Crippen LogP contribution is -2.16. The van der Waals surface area contributed by atoms with E-state index < -0.39 is 0 Å². The standard InChI is InChI=1S/C9H22N2/c1-2-3-8-11-9-6-4-5-7-10/h11H,2-10H2,1H3. The van der Waals surface area contributed by atoms with Crippen molar-refractivity contribution in [3.05, 3.63) is 0 Å². The molecule has 3 N–H and O–H groups in total. The second kappa shape index (κ2) is 9.92. The lowest BCUT2D eigenvalue weighted by atomic mass is 10.2. The van der Waals surface area contributed by atoms with Crippen LogP contribution in [0.2, 0.25) is 0 Å². The zero-order valence-electron chi connectivity index (χ0n) is 7.73. The van der Waals surface area contributed by atoms with Crippen molar-refractivity contribution < 1.29 is 0 Å². The van der Waals surface area contributed by atoms with Gasteiger partial charge in [0.15, 0.2) is 0 Å². The first kappa shape index (κ1) is 10.9. The molecule has 0 fully saturated rings. The van der Waals surface area contributed by atoms with Crippen LogP contribution in [0.25, 0.3) is 0 Å². The maximum Gasteiger partial charge on any atom is -0.00489 e. The molecule has 2 nitrogen and oxygen atoms in total. The number of unbranched alkanes of at least 4 members (excludes halogenated alkanes) is 3. The maximum atomic E-state index is 5.37. The summed E-state index contributed by atoms with van der Waals surface area (Å²) >= 11 is 0. The topological polar surface area (TPSA) is 38.0 Å². The zero-order valence-corrected chi connectivity index (χ0v) is 7.73. The van der Waals surface area contributed by atoms with Gasteiger partial charge in [0.05, 0.1) is 0 Å². The van der Waals surface area contributed by atoms with Crippen molar-refractivity contribution in [2.24, 2.45) is 5.73 Å². The highest BCUT2D eigenvalue weighted by Crippen LogP contribution is 1.91. The molecular formula is C9H22N2. The molecule has 2 heteroatoms. The van der Waals surface area contributed by atoms with Crippen LogP contribution in [0, 0.1) is 0 Å². The zero-order chi connectivity index (χ0) is 8.36. The fourth-order valence-electron chi connectivity index (χ4n) is 0.998. The Kier molecular flexibility index (Phi) is 9.85. The number of nitrogens with two attached hydrogens (primary N) is 1. The minimum atomic E-state index is 0.842. The van der Waals surface area contributed by atoms with Crippen LogP contribution in [0.1, 0.15) is 39.0 Å². The number of hydrogen-bond acceptors (Lipinski definition) is 2. The van der Waals surface area contributed by atoms with Crippen LogP contribution in [0.3, 0.4) is 0 Å². The molecule has 68 valence electrons. The summed E-state index contributed by atoms with van der Waals surface area (Å²) in [4.78, 5) is 0. The molecule has 0 aliphatic carbocycles. The molecule has 0 radical (unpaired) electrons. The maximum absolute atomic E-state index is 5.37. The fraction of sp³-hybridized carbons (Fsp3) is 1.00. The van der Waals surface area contributed by atoms with Crippen LogP contribution < -0.4 is 11.1 Å². The van der Waals surface area contributed by atoms with Crippen molar-refractivity contribution in [1.82, 2.24) is 5.32 Å². The Morgan fingerprint density at radius 1 is 1.00 bits per heavy atom. The first-order valence-electron chi connectivity index (χ1n) is 4.82. The summed E-state index contributed by atoms with van der Waals surface area (Å²) in [6, 6.07) is 0. The molecule has 0 unspecified atom stereocenters. The summed E-state index contributed by atoms with van der Waals surface area (Å²) in [5.74, 6) is 0. The van der Waals surface area contributed by atoms with Gasteiger partial charge >= 0.3 is 0 Å². The highest BCUT2D eigenvalue weighted by atomic mass is 14.8. The van der Waals surface area contributed by atoms with E-state index in [1.54, 1.807) is 0 Å². The molecule has 0 rings (SSSR count). The van der Waals surface area contributed by atoms with Gasteiger partial charge in [-0.15, -0.1) is 0 Å². The van der Waals surface area contributed by atoms with Gasteiger partial charge in [-0.1, -0.05) is 19.8 Å². The van der Waals surface area contributed by atoms with Gasteiger partial charge in [0.2, 0.25) is 0 Å². The van der Waals surface area contributed by atoms with Crippen LogP contribution in [0.4, 0.5) is 0 Å². The van der Waals surface area contributed by atoms with E-state index in [0.717, 1.165) is 6.54 Å². The molecule has 11 heavy (non-hydrogen) atoms. The van der Waals surface area contributed by atoms with Crippen molar-refractivity contribution in [3.8, 4) is 0 Å². The van der Waals surface area contributed by atoms with E-state index in [1.807, 2.05) is 0 Å². The quantitative estimate of drug-likeness (QED) is 0.525. The third-order valence-electron chi connectivity index (χ3n) is 1.76. The average Bonchev–Trinajstić information content (AvgIpc) is 2.03. The number of nitrogens with one attached hydrogen (secondary N) is 1. The summed E-state index contributed by atoms with van der Waals surface area (Å²) in [5.41, 5.74) is 5.37. The van der Waals surface area contributed by atoms with Crippen molar-refractivity contribution in [1.29, 1.82) is 0 Å². The van der Waals surface area contributed by atoms with Crippen molar-refractivity contribution in [2.75, 3.05) is 19.6 Å². The summed E-state index contributed by atoms with van der Waals surface area (Å²) in [5, 5.41) is 3.40. The van der Waals surface area contributed by atoms with Crippen LogP contribution in [-0.4, -0.2) is 19.6 Å². The van der Waals surface area contributed by atoms with Gasteiger partial charge in [-0.05, 0) is 38.9 Å². The Bertz CT molecular complexity index is 56.6. The lowest BCUT2D eigenvalue weighted by Gasteiger charge is -2.02. The van der Waals surface area contributed by atoms with Gasteiger partial charge in [0.1, 0.15) is 0 Å². The Balaban J connectivity index is 2.69. The third kappa shape index (κ3) is 9.92. The van der Waals surface area contributed by atoms with Gasteiger partial charge in [-0.2, -0.15) is 0 Å². The first-order chi connectivity index (χ1) is 5.41. The van der Waals surface area contributed by atoms with Gasteiger partial charge < -0.3 is 11.1 Å². The summed E-state index contributed by atoms with van der Waals surface area (Å²) in [7, 11) is 0. The molecule has 0 amide bonds. The molecule has 0 aliphatic heterocycles. The van der Waals surface area contributed by atoms with Crippen molar-refractivity contribution in [3.63, 3.8) is 0 Å². The van der Waals surface area contributed by atoms with Gasteiger partial charge in [-0.25, -0.2) is 0 Å². The number of hydrogen-bond donors (Lipinski definition) is 2. The Labute approximate surface area is 70.5 Å². The smallest absolute Gasteiger partial charge is 0.00489 e. The molecule has 0 aromatic rings. The molecule has 0 aromatic carbocycles. The summed E-state index contributed by atoms with van der Waals surface area (Å²) in [6.45, 7) is 5.41. The minimum absolute atomic E-state index is 0.842. The van der Waals surface area contributed by atoms with Crippen molar-refractivity contribution >= 4 is 0 Å². The molecule has 0 bridgehead atoms. The Hall–Kier alpha value is -0.0800. The van der Waals surface area contributed by atoms with Crippen LogP contribution in [0.5, 0.6) is 0 Å². The highest BCUT2D eigenvalue weighted by Gasteiger charge is 1.87. The van der Waals surface area contributed by atoms with Crippen LogP contribution in [0.15, 0.2) is 0 Å². The van der Waals surface area contributed by atoms with E-state index in [4.69, 9.17) is 5.73 Å². The minimum Gasteiger partial charge on any atom is -0.330 e. The molecule has 0 saturated carbocycles. The predicted octanol–water partition coefficient (Wildman–Crippen LogP) is 1.51. The molecular weight excluding hydrogens is 136 g/mol. The summed E-state index contributed by atoms with van der Waals surface area (Å²) < 4.78 is 0. The van der Waals surface area contributed by atoms with Gasteiger partial charge in [0, 0.05) is 0 Å². The molecule has 0 spiro atoms. The lowest BCUT2D eigenvalue weighted by molar-refractivity contribution is 0.588. The predicted molar refractivity (Wildman–Crippen MR) is 50.7 cm³/mol. The van der Waals surface area contributed by atoms with Gasteiger partial charge in [-0.3, -0.25) is 0 Å². The molecule has 0 heterocycles. The van der Waals surface area contributed by atoms with E-state index in [-0.39, 0.29) is 0 Å². The first-order valence-corrected chi connectivity index (χ1v) is 4.82. The van der Waals surface area contributed by atoms with E-state index in [2.05, 4.69) is 12.2 Å². The second-order valence-electron chi connectivity index (χ2n) is 2.95. The monoisotopic (exact) mass is 158 g/mol. The molecule has 0 aliphatic rings. The van der Waals surface area contributed by atoms with E-state index >= 15 is 0 Å². The SMILES string of the molecule is CCCCNCCCCCN. The normalized spacial score (nSPS) is 10.4. The molecule has 0 aromatic heterocycles. The van der Waals surface area contributed by atoms with E-state index in [9.17, 15) is 0 Å². The third-order valence-corrected chi connectivity index (χ3v) is 1.76. The number of rotatable bonds is 8. The highest BCUT2D eigenvalue weighted by molar-refractivity contribution is 4.48. The average molecular weight is 158 g/mol. The Morgan fingerprint density at radius 3 is 2.36 bits per heavy atom. The second-order valence-corrected chi connectivity index (χ2v) is 2.95. The van der Waals surface area contributed by atoms with E-state index in [1.165, 1.54) is 45.2 Å². The molecule has 0 atom stereocenters. The largest absolute Gasteiger partial charge is 0.330 e. The molecule has 0 saturated heterocycles. The van der Waals surface area contributed by atoms with Gasteiger partial charge in [0.25, 0.3) is 0 Å². The van der Waals surface area contributed by atoms with Crippen LogP contribution >= 0.6 is 0 Å². The van der Waals surface area contributed by atoms with Crippen molar-refractivity contribution in [2.45, 2.75) is 39.0 Å².